The van der Waals surface area contributed by atoms with Crippen molar-refractivity contribution >= 4 is 17.6 Å². The van der Waals surface area contributed by atoms with Crippen LogP contribution in [0.5, 0.6) is 0 Å². The number of esters is 2. The van der Waals surface area contributed by atoms with E-state index in [1.54, 1.807) is 24.3 Å². The third-order valence-electron chi connectivity index (χ3n) is 1.97. The molecule has 1 rings (SSSR count). The van der Waals surface area contributed by atoms with Crippen molar-refractivity contribution in [2.75, 3.05) is 26.1 Å². The van der Waals surface area contributed by atoms with Crippen LogP contribution in [-0.4, -0.2) is 32.7 Å². The van der Waals surface area contributed by atoms with Gasteiger partial charge in [0.05, 0.1) is 19.8 Å². The van der Waals surface area contributed by atoms with Crippen LogP contribution in [0.15, 0.2) is 24.3 Å². The van der Waals surface area contributed by atoms with Crippen molar-refractivity contribution < 1.29 is 19.1 Å². The predicted molar refractivity (Wildman–Crippen MR) is 58.3 cm³/mol. The summed E-state index contributed by atoms with van der Waals surface area (Å²) >= 11 is 0. The van der Waals surface area contributed by atoms with E-state index in [4.69, 9.17) is 0 Å². The fourth-order valence-corrected chi connectivity index (χ4v) is 1.09. The molecule has 0 aliphatic carbocycles. The third-order valence-corrected chi connectivity index (χ3v) is 1.97. The second-order valence-corrected chi connectivity index (χ2v) is 3.00. The number of rotatable bonds is 4. The van der Waals surface area contributed by atoms with Gasteiger partial charge in [-0.25, -0.2) is 4.79 Å². The normalized spacial score (nSPS) is 9.38. The van der Waals surface area contributed by atoms with Crippen molar-refractivity contribution in [2.45, 2.75) is 0 Å². The summed E-state index contributed by atoms with van der Waals surface area (Å²) in [5.41, 5.74) is 1.20. The Hall–Kier alpha value is -2.04. The van der Waals surface area contributed by atoms with E-state index < -0.39 is 0 Å². The number of hydrogen-bond donors (Lipinski definition) is 1. The molecule has 86 valence electrons. The van der Waals surface area contributed by atoms with Crippen LogP contribution in [0.25, 0.3) is 0 Å². The number of benzene rings is 1. The van der Waals surface area contributed by atoms with Gasteiger partial charge in [0.1, 0.15) is 6.54 Å². The van der Waals surface area contributed by atoms with Gasteiger partial charge in [-0.3, -0.25) is 4.79 Å². The maximum Gasteiger partial charge on any atom is 0.337 e. The molecule has 16 heavy (non-hydrogen) atoms. The van der Waals surface area contributed by atoms with Gasteiger partial charge in [-0.15, -0.1) is 0 Å². The maximum atomic E-state index is 11.1. The second-order valence-electron chi connectivity index (χ2n) is 3.00. The molecule has 0 spiro atoms. The van der Waals surface area contributed by atoms with Gasteiger partial charge in [-0.2, -0.15) is 0 Å². The van der Waals surface area contributed by atoms with Crippen LogP contribution in [0, 0.1) is 0 Å². The van der Waals surface area contributed by atoms with Crippen LogP contribution < -0.4 is 5.32 Å². The van der Waals surface area contributed by atoms with E-state index in [9.17, 15) is 9.59 Å². The summed E-state index contributed by atoms with van der Waals surface area (Å²) in [6, 6.07) is 6.61. The molecule has 0 atom stereocenters. The van der Waals surface area contributed by atoms with Gasteiger partial charge in [-0.05, 0) is 24.3 Å². The fraction of sp³-hybridized carbons (Fsp3) is 0.273. The van der Waals surface area contributed by atoms with E-state index in [0.717, 1.165) is 5.69 Å². The Morgan fingerprint density at radius 2 is 1.75 bits per heavy atom. The number of ether oxygens (including phenoxy) is 2. The van der Waals surface area contributed by atoms with Gasteiger partial charge >= 0.3 is 11.9 Å². The van der Waals surface area contributed by atoms with Crippen LogP contribution in [0.1, 0.15) is 10.4 Å². The van der Waals surface area contributed by atoms with E-state index in [1.165, 1.54) is 14.2 Å². The van der Waals surface area contributed by atoms with E-state index in [0.29, 0.717) is 5.56 Å². The lowest BCUT2D eigenvalue weighted by molar-refractivity contribution is -0.138. The zero-order chi connectivity index (χ0) is 12.0. The van der Waals surface area contributed by atoms with Crippen molar-refractivity contribution in [1.82, 2.24) is 0 Å². The number of methoxy groups -OCH3 is 2. The minimum absolute atomic E-state index is 0.0913. The molecule has 0 unspecified atom stereocenters. The van der Waals surface area contributed by atoms with Gasteiger partial charge in [0, 0.05) is 5.69 Å². The van der Waals surface area contributed by atoms with Gasteiger partial charge in [0.25, 0.3) is 0 Å². The molecule has 1 aromatic rings. The summed E-state index contributed by atoms with van der Waals surface area (Å²) in [7, 11) is 2.65. The highest BCUT2D eigenvalue weighted by atomic mass is 16.5. The summed E-state index contributed by atoms with van der Waals surface area (Å²) in [4.78, 5) is 22.0. The molecule has 0 heterocycles. The Morgan fingerprint density at radius 1 is 1.12 bits per heavy atom. The average molecular weight is 223 g/mol. The topological polar surface area (TPSA) is 64.6 Å². The first-order chi connectivity index (χ1) is 7.67. The largest absolute Gasteiger partial charge is 0.468 e. The van der Waals surface area contributed by atoms with Crippen LogP contribution in [0.2, 0.25) is 0 Å². The molecular formula is C11H13NO4. The highest BCUT2D eigenvalue weighted by Crippen LogP contribution is 2.09. The van der Waals surface area contributed by atoms with E-state index in [2.05, 4.69) is 14.8 Å². The maximum absolute atomic E-state index is 11.1. The Bertz CT molecular complexity index is 372. The molecular weight excluding hydrogens is 210 g/mol. The molecule has 0 saturated carbocycles. The molecule has 1 N–H and O–H groups in total. The fourth-order valence-electron chi connectivity index (χ4n) is 1.09. The molecule has 0 fully saturated rings. The van der Waals surface area contributed by atoms with Crippen molar-refractivity contribution in [3.05, 3.63) is 29.8 Å². The number of nitrogens with one attached hydrogen (secondary N) is 1. The SMILES string of the molecule is COC(=O)CNc1ccc(C(=O)OC)cc1. The summed E-state index contributed by atoms with van der Waals surface area (Å²) in [6.07, 6.45) is 0. The predicted octanol–water partition coefficient (Wildman–Crippen LogP) is 1.06. The van der Waals surface area contributed by atoms with Crippen LogP contribution in [0.4, 0.5) is 5.69 Å². The Morgan fingerprint density at radius 3 is 2.25 bits per heavy atom. The summed E-state index contributed by atoms with van der Waals surface area (Å²) in [5.74, 6) is -0.739. The average Bonchev–Trinajstić information content (AvgIpc) is 2.35. The zero-order valence-corrected chi connectivity index (χ0v) is 9.15. The molecule has 5 heteroatoms. The monoisotopic (exact) mass is 223 g/mol. The lowest BCUT2D eigenvalue weighted by Crippen LogP contribution is -2.14. The molecule has 0 aromatic heterocycles. The number of carbonyl (C=O) groups is 2. The first-order valence-electron chi connectivity index (χ1n) is 4.66. The standard InChI is InChI=1S/C11H13NO4/c1-15-10(13)7-12-9-5-3-8(4-6-9)11(14)16-2/h3-6,12H,7H2,1-2H3. The van der Waals surface area contributed by atoms with Crippen molar-refractivity contribution in [3.8, 4) is 0 Å². The minimum atomic E-state index is -0.389. The lowest BCUT2D eigenvalue weighted by Gasteiger charge is -2.05. The molecule has 0 radical (unpaired) electrons. The quantitative estimate of drug-likeness (QED) is 0.773. The minimum Gasteiger partial charge on any atom is -0.468 e. The van der Waals surface area contributed by atoms with E-state index in [-0.39, 0.29) is 18.5 Å². The second kappa shape index (κ2) is 5.75. The lowest BCUT2D eigenvalue weighted by atomic mass is 10.2. The van der Waals surface area contributed by atoms with Gasteiger partial charge in [-0.1, -0.05) is 0 Å². The zero-order valence-electron chi connectivity index (χ0n) is 9.15. The smallest absolute Gasteiger partial charge is 0.337 e. The molecule has 0 aliphatic rings. The summed E-state index contributed by atoms with van der Waals surface area (Å²) in [5, 5.41) is 2.85. The van der Waals surface area contributed by atoms with Crippen molar-refractivity contribution in [1.29, 1.82) is 0 Å². The summed E-state index contributed by atoms with van der Waals surface area (Å²) < 4.78 is 9.03. The van der Waals surface area contributed by atoms with E-state index >= 15 is 0 Å². The summed E-state index contributed by atoms with van der Waals surface area (Å²) in [6.45, 7) is 0.0913. The van der Waals surface area contributed by atoms with E-state index in [1.807, 2.05) is 0 Å². The van der Waals surface area contributed by atoms with Crippen LogP contribution in [0.3, 0.4) is 0 Å². The Kier molecular flexibility index (Phi) is 4.32. The molecule has 0 amide bonds. The molecule has 5 nitrogen and oxygen atoms in total. The number of hydrogen-bond acceptors (Lipinski definition) is 5. The van der Waals surface area contributed by atoms with Gasteiger partial charge < -0.3 is 14.8 Å². The van der Waals surface area contributed by atoms with Crippen molar-refractivity contribution in [3.63, 3.8) is 0 Å². The molecule has 1 aromatic carbocycles. The van der Waals surface area contributed by atoms with Gasteiger partial charge in [0.15, 0.2) is 0 Å². The number of anilines is 1. The van der Waals surface area contributed by atoms with Crippen LogP contribution >= 0.6 is 0 Å². The highest BCUT2D eigenvalue weighted by molar-refractivity contribution is 5.89. The van der Waals surface area contributed by atoms with Crippen LogP contribution in [-0.2, 0) is 14.3 Å². The Labute approximate surface area is 93.4 Å². The third kappa shape index (κ3) is 3.27. The first-order valence-corrected chi connectivity index (χ1v) is 4.66. The molecule has 0 aliphatic heterocycles. The highest BCUT2D eigenvalue weighted by Gasteiger charge is 2.04. The number of carbonyl (C=O) groups excluding carboxylic acids is 2. The first kappa shape index (κ1) is 12.0. The molecule has 0 bridgehead atoms. The van der Waals surface area contributed by atoms with Crippen molar-refractivity contribution in [2.24, 2.45) is 0 Å². The molecule has 0 saturated heterocycles. The van der Waals surface area contributed by atoms with Gasteiger partial charge in [0.2, 0.25) is 0 Å². The Balaban J connectivity index is 2.58.